The Balaban J connectivity index is 3.02. The second-order valence-corrected chi connectivity index (χ2v) is 3.45. The molecular weight excluding hydrogens is 178 g/mol. The maximum atomic E-state index is 5.75. The van der Waals surface area contributed by atoms with Gasteiger partial charge >= 0.3 is 5.54 Å². The molecule has 0 aliphatic rings. The molecule has 3 heteroatoms. The molecule has 1 aromatic carbocycles. The summed E-state index contributed by atoms with van der Waals surface area (Å²) in [6.45, 7) is 2.09. The van der Waals surface area contributed by atoms with Crippen LogP contribution in [0.25, 0.3) is 0 Å². The average Bonchev–Trinajstić information content (AvgIpc) is 2.04. The monoisotopic (exact) mass is 186 g/mol. The largest absolute Gasteiger partial charge is 0.383 e. The van der Waals surface area contributed by atoms with E-state index in [0.717, 1.165) is 11.9 Å². The minimum absolute atomic E-state index is 0.397. The molecular formula is C8H9BCl2. The lowest BCUT2D eigenvalue weighted by atomic mass is 9.87. The molecule has 0 aliphatic heterocycles. The molecule has 0 aromatic heterocycles. The van der Waals surface area contributed by atoms with Crippen molar-refractivity contribution in [1.82, 2.24) is 0 Å². The van der Waals surface area contributed by atoms with Crippen molar-refractivity contribution in [3.8, 4) is 0 Å². The fraction of sp³-hybridized carbons (Fsp3) is 0.250. The molecule has 0 atom stereocenters. The first kappa shape index (κ1) is 8.96. The zero-order valence-electron chi connectivity index (χ0n) is 6.35. The van der Waals surface area contributed by atoms with Crippen LogP contribution in [0.2, 0.25) is 0 Å². The number of halogens is 2. The Hall–Kier alpha value is -0.135. The second-order valence-electron chi connectivity index (χ2n) is 2.35. The summed E-state index contributed by atoms with van der Waals surface area (Å²) in [4.78, 5) is 0. The van der Waals surface area contributed by atoms with E-state index in [1.807, 2.05) is 24.3 Å². The lowest BCUT2D eigenvalue weighted by Gasteiger charge is -2.04. The molecule has 0 amide bonds. The van der Waals surface area contributed by atoms with Crippen LogP contribution in [0.5, 0.6) is 0 Å². The Bertz CT molecular complexity index is 235. The molecule has 0 fully saturated rings. The summed E-state index contributed by atoms with van der Waals surface area (Å²) in [6, 6.07) is 7.96. The van der Waals surface area contributed by atoms with Crippen molar-refractivity contribution in [3.05, 3.63) is 29.8 Å². The van der Waals surface area contributed by atoms with Gasteiger partial charge in [0.2, 0.25) is 0 Å². The smallest absolute Gasteiger partial charge is 0.165 e. The SMILES string of the molecule is CCc1ccccc1B(Cl)Cl. The molecule has 58 valence electrons. The highest BCUT2D eigenvalue weighted by molar-refractivity contribution is 7.39. The summed E-state index contributed by atoms with van der Waals surface area (Å²) in [5.41, 5.74) is 1.85. The van der Waals surface area contributed by atoms with Gasteiger partial charge in [-0.05, 0) is 11.9 Å². The molecule has 0 radical (unpaired) electrons. The van der Waals surface area contributed by atoms with Crippen molar-refractivity contribution in [2.24, 2.45) is 0 Å². The van der Waals surface area contributed by atoms with Gasteiger partial charge in [0.15, 0.2) is 0 Å². The third-order valence-electron chi connectivity index (χ3n) is 1.67. The predicted molar refractivity (Wildman–Crippen MR) is 52.9 cm³/mol. The lowest BCUT2D eigenvalue weighted by Crippen LogP contribution is -2.22. The van der Waals surface area contributed by atoms with E-state index >= 15 is 0 Å². The molecule has 0 unspecified atom stereocenters. The third kappa shape index (κ3) is 2.15. The summed E-state index contributed by atoms with van der Waals surface area (Å²) in [7, 11) is 0. The zero-order valence-corrected chi connectivity index (χ0v) is 7.86. The van der Waals surface area contributed by atoms with Crippen LogP contribution in [-0.2, 0) is 6.42 Å². The molecule has 0 spiro atoms. The van der Waals surface area contributed by atoms with Crippen molar-refractivity contribution in [3.63, 3.8) is 0 Å². The number of hydrogen-bond acceptors (Lipinski definition) is 0. The maximum Gasteiger partial charge on any atom is 0.383 e. The van der Waals surface area contributed by atoms with Crippen molar-refractivity contribution in [1.29, 1.82) is 0 Å². The van der Waals surface area contributed by atoms with Crippen molar-refractivity contribution < 1.29 is 0 Å². The number of rotatable bonds is 2. The number of hydrogen-bond donors (Lipinski definition) is 0. The molecule has 1 rings (SSSR count). The number of benzene rings is 1. The standard InChI is InChI=1S/C8H9BCl2/c1-2-7-5-3-4-6-8(7)9(10)11/h3-6H,2H2,1H3. The molecule has 11 heavy (non-hydrogen) atoms. The Labute approximate surface area is 77.4 Å². The first-order valence-electron chi connectivity index (χ1n) is 3.61. The summed E-state index contributed by atoms with van der Waals surface area (Å²) >= 11 is 11.5. The molecule has 0 N–H and O–H groups in total. The third-order valence-corrected chi connectivity index (χ3v) is 2.14. The quantitative estimate of drug-likeness (QED) is 0.623. The van der Waals surface area contributed by atoms with Crippen LogP contribution < -0.4 is 5.46 Å². The zero-order chi connectivity index (χ0) is 8.27. The summed E-state index contributed by atoms with van der Waals surface area (Å²) in [6.07, 6.45) is 0.978. The number of aryl methyl sites for hydroxylation is 1. The van der Waals surface area contributed by atoms with Crippen LogP contribution in [0.1, 0.15) is 12.5 Å². The van der Waals surface area contributed by atoms with Gasteiger partial charge in [0, 0.05) is 0 Å². The highest BCUT2D eigenvalue weighted by atomic mass is 35.5. The van der Waals surface area contributed by atoms with Crippen LogP contribution >= 0.6 is 22.9 Å². The first-order valence-corrected chi connectivity index (χ1v) is 4.49. The molecule has 0 heterocycles. The van der Waals surface area contributed by atoms with Gasteiger partial charge in [0.05, 0.1) is 0 Å². The van der Waals surface area contributed by atoms with E-state index in [-0.39, 0.29) is 0 Å². The molecule has 0 saturated carbocycles. The van der Waals surface area contributed by atoms with Crippen LogP contribution in [0.4, 0.5) is 0 Å². The van der Waals surface area contributed by atoms with Gasteiger partial charge < -0.3 is 0 Å². The molecule has 0 aliphatic carbocycles. The Morgan fingerprint density at radius 2 is 1.91 bits per heavy atom. The van der Waals surface area contributed by atoms with Crippen LogP contribution in [-0.4, -0.2) is 5.54 Å². The normalized spacial score (nSPS) is 9.73. The van der Waals surface area contributed by atoms with E-state index in [1.54, 1.807) is 0 Å². The molecule has 0 bridgehead atoms. The summed E-state index contributed by atoms with van der Waals surface area (Å²) in [5.74, 6) is 0. The highest BCUT2D eigenvalue weighted by Crippen LogP contribution is 2.04. The van der Waals surface area contributed by atoms with E-state index in [0.29, 0.717) is 0 Å². The molecule has 0 saturated heterocycles. The van der Waals surface area contributed by atoms with Crippen LogP contribution in [0, 0.1) is 0 Å². The highest BCUT2D eigenvalue weighted by Gasteiger charge is 2.11. The van der Waals surface area contributed by atoms with Crippen LogP contribution in [0.3, 0.4) is 0 Å². The van der Waals surface area contributed by atoms with Gasteiger partial charge in [-0.2, -0.15) is 22.9 Å². The topological polar surface area (TPSA) is 0 Å². The second kappa shape index (κ2) is 4.03. The van der Waals surface area contributed by atoms with Crippen molar-refractivity contribution in [2.75, 3.05) is 0 Å². The predicted octanol–water partition coefficient (Wildman–Crippen LogP) is 2.42. The fourth-order valence-electron chi connectivity index (χ4n) is 1.07. The van der Waals surface area contributed by atoms with Gasteiger partial charge in [0.25, 0.3) is 0 Å². The van der Waals surface area contributed by atoms with Gasteiger partial charge in [0.1, 0.15) is 0 Å². The van der Waals surface area contributed by atoms with Gasteiger partial charge in [-0.15, -0.1) is 0 Å². The fourth-order valence-corrected chi connectivity index (χ4v) is 1.49. The van der Waals surface area contributed by atoms with E-state index in [9.17, 15) is 0 Å². The Kier molecular flexibility index (Phi) is 3.28. The van der Waals surface area contributed by atoms with Crippen LogP contribution in [0.15, 0.2) is 24.3 Å². The van der Waals surface area contributed by atoms with E-state index < -0.39 is 5.54 Å². The molecule has 0 nitrogen and oxygen atoms in total. The lowest BCUT2D eigenvalue weighted by molar-refractivity contribution is 1.15. The van der Waals surface area contributed by atoms with Crippen molar-refractivity contribution in [2.45, 2.75) is 13.3 Å². The molecule has 1 aromatic rings. The minimum atomic E-state index is -0.397. The van der Waals surface area contributed by atoms with Gasteiger partial charge in [-0.25, -0.2) is 0 Å². The Morgan fingerprint density at radius 1 is 1.27 bits per heavy atom. The van der Waals surface area contributed by atoms with Crippen molar-refractivity contribution >= 4 is 33.9 Å². The van der Waals surface area contributed by atoms with E-state index in [4.69, 9.17) is 22.9 Å². The summed E-state index contributed by atoms with van der Waals surface area (Å²) in [5, 5.41) is 0. The van der Waals surface area contributed by atoms with Gasteiger partial charge in [-0.3, -0.25) is 0 Å². The van der Waals surface area contributed by atoms with Gasteiger partial charge in [-0.1, -0.05) is 36.8 Å². The first-order chi connectivity index (χ1) is 5.25. The summed E-state index contributed by atoms with van der Waals surface area (Å²) < 4.78 is 0. The van der Waals surface area contributed by atoms with E-state index in [1.165, 1.54) is 5.56 Å². The van der Waals surface area contributed by atoms with E-state index in [2.05, 4.69) is 6.92 Å². The minimum Gasteiger partial charge on any atom is -0.165 e. The Morgan fingerprint density at radius 3 is 2.36 bits per heavy atom. The average molecular weight is 187 g/mol. The maximum absolute atomic E-state index is 5.75.